The zero-order valence-electron chi connectivity index (χ0n) is 11.5. The van der Waals surface area contributed by atoms with Crippen LogP contribution >= 0.6 is 0 Å². The van der Waals surface area contributed by atoms with E-state index >= 15 is 0 Å². The molecule has 2 aliphatic carbocycles. The van der Waals surface area contributed by atoms with E-state index < -0.39 is 9.84 Å². The maximum atomic E-state index is 11.9. The van der Waals surface area contributed by atoms with Gasteiger partial charge in [-0.05, 0) is 45.2 Å². The lowest BCUT2D eigenvalue weighted by molar-refractivity contribution is 0.145. The van der Waals surface area contributed by atoms with Crippen molar-refractivity contribution in [3.05, 3.63) is 0 Å². The van der Waals surface area contributed by atoms with Crippen LogP contribution in [-0.4, -0.2) is 50.5 Å². The molecule has 2 saturated carbocycles. The molecule has 5 heteroatoms. The molecular formula is C13H26N2O2S. The smallest absolute Gasteiger partial charge is 0.151 e. The molecule has 0 aromatic rings. The predicted octanol–water partition coefficient (Wildman–Crippen LogP) is 1.01. The number of sulfone groups is 1. The molecular weight excluding hydrogens is 248 g/mol. The molecule has 0 aliphatic heterocycles. The van der Waals surface area contributed by atoms with Gasteiger partial charge in [0.2, 0.25) is 0 Å². The Hall–Kier alpha value is -0.130. The third-order valence-electron chi connectivity index (χ3n) is 4.94. The van der Waals surface area contributed by atoms with Crippen LogP contribution in [0.25, 0.3) is 0 Å². The van der Waals surface area contributed by atoms with Crippen molar-refractivity contribution in [2.45, 2.75) is 55.9 Å². The summed E-state index contributed by atoms with van der Waals surface area (Å²) in [6.07, 6.45) is 7.86. The van der Waals surface area contributed by atoms with Crippen molar-refractivity contribution in [3.63, 3.8) is 0 Å². The van der Waals surface area contributed by atoms with E-state index in [1.54, 1.807) is 0 Å². The third kappa shape index (κ3) is 2.73. The van der Waals surface area contributed by atoms with Gasteiger partial charge in [0.05, 0.1) is 5.25 Å². The minimum Gasteiger partial charge on any atom is -0.330 e. The number of hydrogen-bond acceptors (Lipinski definition) is 4. The van der Waals surface area contributed by atoms with Crippen molar-refractivity contribution in [2.75, 3.05) is 19.8 Å². The Balaban J connectivity index is 2.10. The molecule has 0 aromatic carbocycles. The summed E-state index contributed by atoms with van der Waals surface area (Å²) in [5.41, 5.74) is 5.84. The fourth-order valence-corrected chi connectivity index (χ4v) is 5.44. The van der Waals surface area contributed by atoms with E-state index in [9.17, 15) is 8.42 Å². The van der Waals surface area contributed by atoms with Crippen LogP contribution in [0.4, 0.5) is 0 Å². The standard InChI is InChI=1S/C13H26N2O2S/c1-15(11-6-3-5-10(11)9-14)12-7-4-8-13(12)18(2,16)17/h10-13H,3-9,14H2,1-2H3. The largest absolute Gasteiger partial charge is 0.330 e. The van der Waals surface area contributed by atoms with Gasteiger partial charge in [-0.3, -0.25) is 4.90 Å². The second-order valence-electron chi connectivity index (χ2n) is 6.03. The first kappa shape index (κ1) is 14.3. The van der Waals surface area contributed by atoms with Gasteiger partial charge in [-0.1, -0.05) is 12.8 Å². The Morgan fingerprint density at radius 1 is 1.11 bits per heavy atom. The average Bonchev–Trinajstić information content (AvgIpc) is 2.95. The molecule has 2 N–H and O–H groups in total. The third-order valence-corrected chi connectivity index (χ3v) is 6.59. The summed E-state index contributed by atoms with van der Waals surface area (Å²) in [5.74, 6) is 0.552. The van der Waals surface area contributed by atoms with Gasteiger partial charge in [-0.2, -0.15) is 0 Å². The zero-order chi connectivity index (χ0) is 13.3. The molecule has 106 valence electrons. The van der Waals surface area contributed by atoms with Crippen LogP contribution in [0.2, 0.25) is 0 Å². The number of nitrogens with zero attached hydrogens (tertiary/aromatic N) is 1. The van der Waals surface area contributed by atoms with Crippen molar-refractivity contribution in [1.29, 1.82) is 0 Å². The van der Waals surface area contributed by atoms with E-state index in [-0.39, 0.29) is 11.3 Å². The van der Waals surface area contributed by atoms with E-state index in [1.807, 2.05) is 0 Å². The number of nitrogens with two attached hydrogens (primary N) is 1. The molecule has 18 heavy (non-hydrogen) atoms. The Labute approximate surface area is 111 Å². The van der Waals surface area contributed by atoms with Crippen molar-refractivity contribution < 1.29 is 8.42 Å². The first-order valence-corrected chi connectivity index (χ1v) is 9.01. The normalized spacial score (nSPS) is 37.6. The molecule has 2 fully saturated rings. The molecule has 0 saturated heterocycles. The van der Waals surface area contributed by atoms with Gasteiger partial charge in [-0.15, -0.1) is 0 Å². The lowest BCUT2D eigenvalue weighted by atomic mass is 10.0. The van der Waals surface area contributed by atoms with Crippen LogP contribution in [0.3, 0.4) is 0 Å². The highest BCUT2D eigenvalue weighted by Gasteiger charge is 2.41. The lowest BCUT2D eigenvalue weighted by Crippen LogP contribution is -2.48. The van der Waals surface area contributed by atoms with Gasteiger partial charge in [0.25, 0.3) is 0 Å². The summed E-state index contributed by atoms with van der Waals surface area (Å²) in [4.78, 5) is 2.34. The molecule has 0 spiro atoms. The molecule has 2 rings (SSSR count). The highest BCUT2D eigenvalue weighted by Crippen LogP contribution is 2.35. The molecule has 4 unspecified atom stereocenters. The van der Waals surface area contributed by atoms with Crippen molar-refractivity contribution in [2.24, 2.45) is 11.7 Å². The molecule has 0 radical (unpaired) electrons. The molecule has 0 heterocycles. The molecule has 4 nitrogen and oxygen atoms in total. The van der Waals surface area contributed by atoms with E-state index in [1.165, 1.54) is 25.5 Å². The Morgan fingerprint density at radius 3 is 2.33 bits per heavy atom. The van der Waals surface area contributed by atoms with Crippen LogP contribution in [0, 0.1) is 5.92 Å². The van der Waals surface area contributed by atoms with Crippen LogP contribution in [-0.2, 0) is 9.84 Å². The predicted molar refractivity (Wildman–Crippen MR) is 74.2 cm³/mol. The summed E-state index contributed by atoms with van der Waals surface area (Å²) < 4.78 is 23.7. The van der Waals surface area contributed by atoms with Crippen molar-refractivity contribution >= 4 is 9.84 Å². The summed E-state index contributed by atoms with van der Waals surface area (Å²) >= 11 is 0. The summed E-state index contributed by atoms with van der Waals surface area (Å²) in [6, 6.07) is 0.694. The molecule has 2 aliphatic rings. The van der Waals surface area contributed by atoms with Gasteiger partial charge in [0.1, 0.15) is 0 Å². The van der Waals surface area contributed by atoms with Gasteiger partial charge in [0.15, 0.2) is 9.84 Å². The van der Waals surface area contributed by atoms with E-state index in [4.69, 9.17) is 5.73 Å². The second-order valence-corrected chi connectivity index (χ2v) is 8.29. The Kier molecular flexibility index (Phi) is 4.34. The van der Waals surface area contributed by atoms with Gasteiger partial charge >= 0.3 is 0 Å². The van der Waals surface area contributed by atoms with Gasteiger partial charge in [0, 0.05) is 18.3 Å². The topological polar surface area (TPSA) is 63.4 Å². The van der Waals surface area contributed by atoms with E-state index in [0.29, 0.717) is 12.0 Å². The number of rotatable bonds is 4. The average molecular weight is 274 g/mol. The van der Waals surface area contributed by atoms with Crippen LogP contribution in [0.1, 0.15) is 38.5 Å². The monoisotopic (exact) mass is 274 g/mol. The first-order chi connectivity index (χ1) is 8.45. The van der Waals surface area contributed by atoms with Crippen molar-refractivity contribution in [1.82, 2.24) is 4.90 Å². The fraction of sp³-hybridized carbons (Fsp3) is 1.00. The van der Waals surface area contributed by atoms with Crippen LogP contribution < -0.4 is 5.73 Å². The van der Waals surface area contributed by atoms with Crippen LogP contribution in [0.5, 0.6) is 0 Å². The van der Waals surface area contributed by atoms with E-state index in [0.717, 1.165) is 25.8 Å². The highest BCUT2D eigenvalue weighted by molar-refractivity contribution is 7.91. The minimum absolute atomic E-state index is 0.165. The first-order valence-electron chi connectivity index (χ1n) is 7.06. The summed E-state index contributed by atoms with van der Waals surface area (Å²) in [6.45, 7) is 0.727. The molecule has 0 bridgehead atoms. The maximum Gasteiger partial charge on any atom is 0.151 e. The summed E-state index contributed by atoms with van der Waals surface area (Å²) in [7, 11) is -0.819. The quantitative estimate of drug-likeness (QED) is 0.831. The SMILES string of the molecule is CN(C1CCCC1CN)C1CCCC1S(C)(=O)=O. The zero-order valence-corrected chi connectivity index (χ0v) is 12.3. The second kappa shape index (κ2) is 5.47. The molecule has 0 aromatic heterocycles. The maximum absolute atomic E-state index is 11.9. The van der Waals surface area contributed by atoms with Crippen molar-refractivity contribution in [3.8, 4) is 0 Å². The number of hydrogen-bond donors (Lipinski definition) is 1. The Morgan fingerprint density at radius 2 is 1.72 bits per heavy atom. The molecule has 4 atom stereocenters. The molecule has 0 amide bonds. The Bertz CT molecular complexity index is 382. The van der Waals surface area contributed by atoms with Gasteiger partial charge in [-0.25, -0.2) is 8.42 Å². The fourth-order valence-electron chi connectivity index (χ4n) is 3.95. The van der Waals surface area contributed by atoms with E-state index in [2.05, 4.69) is 11.9 Å². The lowest BCUT2D eigenvalue weighted by Gasteiger charge is -2.36. The summed E-state index contributed by atoms with van der Waals surface area (Å²) in [5, 5.41) is -0.165. The highest BCUT2D eigenvalue weighted by atomic mass is 32.2. The van der Waals surface area contributed by atoms with Gasteiger partial charge < -0.3 is 5.73 Å². The van der Waals surface area contributed by atoms with Crippen LogP contribution in [0.15, 0.2) is 0 Å². The minimum atomic E-state index is -2.92.